The molecule has 0 spiro atoms. The summed E-state index contributed by atoms with van der Waals surface area (Å²) in [5.41, 5.74) is 0.367. The number of ether oxygens (including phenoxy) is 2. The van der Waals surface area contributed by atoms with Gasteiger partial charge in [-0.15, -0.1) is 0 Å². The van der Waals surface area contributed by atoms with Gasteiger partial charge in [-0.3, -0.25) is 4.79 Å². The number of nitrogens with one attached hydrogen (secondary N) is 2. The van der Waals surface area contributed by atoms with Crippen LogP contribution in [0.15, 0.2) is 30.3 Å². The quantitative estimate of drug-likeness (QED) is 0.802. The van der Waals surface area contributed by atoms with E-state index in [2.05, 4.69) is 10.6 Å². The van der Waals surface area contributed by atoms with Crippen molar-refractivity contribution in [2.75, 3.05) is 6.61 Å². The maximum absolute atomic E-state index is 12.2. The fraction of sp³-hybridized carbons (Fsp3) is 0.556. The molecule has 0 radical (unpaired) electrons. The van der Waals surface area contributed by atoms with Gasteiger partial charge >= 0.3 is 6.09 Å². The Labute approximate surface area is 143 Å². The van der Waals surface area contributed by atoms with Gasteiger partial charge in [-0.25, -0.2) is 4.79 Å². The molecule has 0 aliphatic carbocycles. The topological polar surface area (TPSA) is 76.7 Å². The van der Waals surface area contributed by atoms with E-state index in [0.29, 0.717) is 6.61 Å². The van der Waals surface area contributed by atoms with E-state index < -0.39 is 17.7 Å². The Morgan fingerprint density at radius 3 is 2.25 bits per heavy atom. The molecule has 1 atom stereocenters. The number of carbonyl (C=O) groups is 2. The molecule has 6 heteroatoms. The second kappa shape index (κ2) is 9.27. The zero-order valence-corrected chi connectivity index (χ0v) is 15.1. The van der Waals surface area contributed by atoms with Crippen molar-refractivity contribution >= 4 is 12.0 Å². The van der Waals surface area contributed by atoms with Crippen LogP contribution in [0.5, 0.6) is 0 Å². The maximum Gasteiger partial charge on any atom is 0.408 e. The maximum atomic E-state index is 12.2. The zero-order chi connectivity index (χ0) is 18.2. The third-order valence-corrected chi connectivity index (χ3v) is 2.83. The first kappa shape index (κ1) is 20.0. The second-order valence-corrected chi connectivity index (χ2v) is 6.86. The van der Waals surface area contributed by atoms with Crippen molar-refractivity contribution in [1.29, 1.82) is 0 Å². The fourth-order valence-corrected chi connectivity index (χ4v) is 1.89. The predicted molar refractivity (Wildman–Crippen MR) is 92.5 cm³/mol. The minimum absolute atomic E-state index is 0.0328. The summed E-state index contributed by atoms with van der Waals surface area (Å²) in [6, 6.07) is 8.78. The highest BCUT2D eigenvalue weighted by Crippen LogP contribution is 2.07. The van der Waals surface area contributed by atoms with Gasteiger partial charge < -0.3 is 20.1 Å². The summed E-state index contributed by atoms with van der Waals surface area (Å²) < 4.78 is 10.8. The Bertz CT molecular complexity index is 524. The first-order valence-electron chi connectivity index (χ1n) is 8.09. The number of alkyl carbamates (subject to hydrolysis) is 1. The van der Waals surface area contributed by atoms with Crippen LogP contribution in [0.2, 0.25) is 0 Å². The van der Waals surface area contributed by atoms with Gasteiger partial charge in [0.2, 0.25) is 5.91 Å². The summed E-state index contributed by atoms with van der Waals surface area (Å²) in [6.45, 7) is 9.43. The van der Waals surface area contributed by atoms with E-state index in [1.54, 1.807) is 20.8 Å². The molecule has 0 saturated heterocycles. The lowest BCUT2D eigenvalue weighted by molar-refractivity contribution is -0.125. The van der Waals surface area contributed by atoms with Crippen molar-refractivity contribution in [1.82, 2.24) is 10.6 Å². The predicted octanol–water partition coefficient (Wildman–Crippen LogP) is 2.62. The van der Waals surface area contributed by atoms with Crippen LogP contribution in [0.4, 0.5) is 4.79 Å². The van der Waals surface area contributed by atoms with Crippen LogP contribution in [0, 0.1) is 0 Å². The number of rotatable bonds is 7. The zero-order valence-electron chi connectivity index (χ0n) is 15.1. The van der Waals surface area contributed by atoms with E-state index in [9.17, 15) is 9.59 Å². The molecule has 2 N–H and O–H groups in total. The monoisotopic (exact) mass is 336 g/mol. The average Bonchev–Trinajstić information content (AvgIpc) is 2.44. The molecule has 0 bridgehead atoms. The summed E-state index contributed by atoms with van der Waals surface area (Å²) in [4.78, 5) is 24.2. The van der Waals surface area contributed by atoms with E-state index in [4.69, 9.17) is 9.47 Å². The van der Waals surface area contributed by atoms with E-state index >= 15 is 0 Å². The third kappa shape index (κ3) is 8.53. The molecule has 0 aliphatic rings. The Balaban J connectivity index is 2.60. The molecule has 6 nitrogen and oxygen atoms in total. The molecule has 1 rings (SSSR count). The standard InChI is InChI=1S/C18H28N2O4/c1-13(2)19-16(21)15(20-17(22)24-18(3,4)5)12-23-11-14-9-7-6-8-10-14/h6-10,13,15H,11-12H2,1-5H3,(H,19,21)(H,20,22). The van der Waals surface area contributed by atoms with Crippen LogP contribution >= 0.6 is 0 Å². The molecular weight excluding hydrogens is 308 g/mol. The van der Waals surface area contributed by atoms with Crippen LogP contribution in [-0.4, -0.2) is 36.3 Å². The van der Waals surface area contributed by atoms with Crippen molar-refractivity contribution in [3.05, 3.63) is 35.9 Å². The highest BCUT2D eigenvalue weighted by molar-refractivity contribution is 5.86. The second-order valence-electron chi connectivity index (χ2n) is 6.86. The molecule has 0 fully saturated rings. The molecule has 0 heterocycles. The van der Waals surface area contributed by atoms with Gasteiger partial charge in [0.1, 0.15) is 11.6 Å². The Kier molecular flexibility index (Phi) is 7.71. The smallest absolute Gasteiger partial charge is 0.408 e. The summed E-state index contributed by atoms with van der Waals surface area (Å²) in [5, 5.41) is 5.34. The van der Waals surface area contributed by atoms with Crippen molar-refractivity contribution in [2.24, 2.45) is 0 Å². The van der Waals surface area contributed by atoms with E-state index in [1.165, 1.54) is 0 Å². The van der Waals surface area contributed by atoms with Crippen LogP contribution in [-0.2, 0) is 20.9 Å². The summed E-state index contributed by atoms with van der Waals surface area (Å²) >= 11 is 0. The van der Waals surface area contributed by atoms with Crippen LogP contribution in [0.1, 0.15) is 40.2 Å². The highest BCUT2D eigenvalue weighted by atomic mass is 16.6. The van der Waals surface area contributed by atoms with Gasteiger partial charge in [-0.1, -0.05) is 30.3 Å². The van der Waals surface area contributed by atoms with Gasteiger partial charge in [0.25, 0.3) is 0 Å². The molecule has 0 saturated carbocycles. The fourth-order valence-electron chi connectivity index (χ4n) is 1.89. The number of amides is 2. The number of carbonyl (C=O) groups excluding carboxylic acids is 2. The Morgan fingerprint density at radius 1 is 1.08 bits per heavy atom. The largest absolute Gasteiger partial charge is 0.444 e. The Hall–Kier alpha value is -2.08. The first-order chi connectivity index (χ1) is 11.2. The van der Waals surface area contributed by atoms with Gasteiger partial charge in [0.15, 0.2) is 0 Å². The number of hydrogen-bond acceptors (Lipinski definition) is 4. The molecule has 0 aliphatic heterocycles. The molecule has 134 valence electrons. The van der Waals surface area contributed by atoms with Gasteiger partial charge in [0, 0.05) is 6.04 Å². The number of benzene rings is 1. The Morgan fingerprint density at radius 2 is 1.71 bits per heavy atom. The van der Waals surface area contributed by atoms with E-state index in [0.717, 1.165) is 5.56 Å². The summed E-state index contributed by atoms with van der Waals surface area (Å²) in [7, 11) is 0. The minimum Gasteiger partial charge on any atom is -0.444 e. The highest BCUT2D eigenvalue weighted by Gasteiger charge is 2.25. The lowest BCUT2D eigenvalue weighted by Crippen LogP contribution is -2.51. The third-order valence-electron chi connectivity index (χ3n) is 2.83. The van der Waals surface area contributed by atoms with E-state index in [-0.39, 0.29) is 18.6 Å². The first-order valence-corrected chi connectivity index (χ1v) is 8.09. The summed E-state index contributed by atoms with van der Waals surface area (Å²) in [5.74, 6) is -0.302. The van der Waals surface area contributed by atoms with Gasteiger partial charge in [-0.2, -0.15) is 0 Å². The SMILES string of the molecule is CC(C)NC(=O)C(COCc1ccccc1)NC(=O)OC(C)(C)C. The molecule has 2 amide bonds. The van der Waals surface area contributed by atoms with E-state index in [1.807, 2.05) is 44.2 Å². The lowest BCUT2D eigenvalue weighted by Gasteiger charge is -2.24. The average molecular weight is 336 g/mol. The lowest BCUT2D eigenvalue weighted by atomic mass is 10.2. The van der Waals surface area contributed by atoms with Crippen molar-refractivity contribution in [3.63, 3.8) is 0 Å². The van der Waals surface area contributed by atoms with Gasteiger partial charge in [-0.05, 0) is 40.2 Å². The molecular formula is C18H28N2O4. The van der Waals surface area contributed by atoms with Crippen molar-refractivity contribution in [3.8, 4) is 0 Å². The number of hydrogen-bond donors (Lipinski definition) is 2. The van der Waals surface area contributed by atoms with Crippen LogP contribution in [0.25, 0.3) is 0 Å². The molecule has 1 unspecified atom stereocenters. The van der Waals surface area contributed by atoms with Crippen LogP contribution in [0.3, 0.4) is 0 Å². The van der Waals surface area contributed by atoms with Crippen molar-refractivity contribution < 1.29 is 19.1 Å². The van der Waals surface area contributed by atoms with Gasteiger partial charge in [0.05, 0.1) is 13.2 Å². The molecule has 0 aromatic heterocycles. The van der Waals surface area contributed by atoms with Crippen molar-refractivity contribution in [2.45, 2.75) is 58.9 Å². The van der Waals surface area contributed by atoms with Crippen LogP contribution < -0.4 is 10.6 Å². The summed E-state index contributed by atoms with van der Waals surface area (Å²) in [6.07, 6.45) is -0.644. The minimum atomic E-state index is -0.814. The molecule has 1 aromatic rings. The molecule has 1 aromatic carbocycles. The molecule has 24 heavy (non-hydrogen) atoms. The normalized spacial score (nSPS) is 12.6.